The number of nitrogens with zero attached hydrogens (tertiary/aromatic N) is 3. The molecule has 7 nitrogen and oxygen atoms in total. The molecule has 2 rings (SSSR count). The van der Waals surface area contributed by atoms with Crippen molar-refractivity contribution in [3.63, 3.8) is 0 Å². The van der Waals surface area contributed by atoms with Gasteiger partial charge in [-0.1, -0.05) is 6.07 Å². The number of non-ortho nitro benzene ring substituents is 1. The predicted octanol–water partition coefficient (Wildman–Crippen LogP) is 2.71. The molecule has 0 atom stereocenters. The first kappa shape index (κ1) is 16.2. The molecule has 0 fully saturated rings. The van der Waals surface area contributed by atoms with E-state index in [1.54, 1.807) is 35.5 Å². The molecule has 0 aliphatic carbocycles. The Labute approximate surface area is 133 Å². The van der Waals surface area contributed by atoms with Crippen molar-refractivity contribution in [3.8, 4) is 5.75 Å². The molecule has 0 bridgehead atoms. The molecule has 0 unspecified atom stereocenters. The Morgan fingerprint density at radius 1 is 1.22 bits per heavy atom. The van der Waals surface area contributed by atoms with Gasteiger partial charge in [0, 0.05) is 26.2 Å². The van der Waals surface area contributed by atoms with Crippen LogP contribution >= 0.6 is 0 Å². The van der Waals surface area contributed by atoms with Crippen LogP contribution in [0.15, 0.2) is 53.6 Å². The van der Waals surface area contributed by atoms with Crippen LogP contribution in [0, 0.1) is 10.1 Å². The van der Waals surface area contributed by atoms with E-state index in [0.717, 1.165) is 5.56 Å². The third-order valence-corrected chi connectivity index (χ3v) is 2.82. The van der Waals surface area contributed by atoms with Gasteiger partial charge in [0.05, 0.1) is 16.7 Å². The number of hydrazone groups is 1. The highest BCUT2D eigenvalue weighted by atomic mass is 16.6. The van der Waals surface area contributed by atoms with Crippen molar-refractivity contribution >= 4 is 17.9 Å². The molecule has 0 radical (unpaired) electrons. The second-order valence-corrected chi connectivity index (χ2v) is 4.86. The summed E-state index contributed by atoms with van der Waals surface area (Å²) in [5.74, 6) is -0.299. The molecule has 0 aliphatic heterocycles. The first-order chi connectivity index (χ1) is 11.0. The van der Waals surface area contributed by atoms with E-state index in [-0.39, 0.29) is 11.3 Å². The lowest BCUT2D eigenvalue weighted by atomic mass is 10.2. The van der Waals surface area contributed by atoms with Crippen LogP contribution in [0.5, 0.6) is 5.75 Å². The molecule has 0 aliphatic rings. The summed E-state index contributed by atoms with van der Waals surface area (Å²) in [5, 5.41) is 16.5. The molecule has 0 heterocycles. The number of carbonyl (C=O) groups excluding carboxylic acids is 1. The molecular weight excluding hydrogens is 298 g/mol. The van der Waals surface area contributed by atoms with Crippen molar-refractivity contribution in [2.24, 2.45) is 5.10 Å². The van der Waals surface area contributed by atoms with Gasteiger partial charge in [-0.25, -0.2) is 4.79 Å². The summed E-state index contributed by atoms with van der Waals surface area (Å²) in [5.41, 5.74) is 0.820. The summed E-state index contributed by atoms with van der Waals surface area (Å²) in [6.07, 6.45) is 1.67. The third kappa shape index (κ3) is 4.63. The largest absolute Gasteiger partial charge is 0.423 e. The van der Waals surface area contributed by atoms with Gasteiger partial charge >= 0.3 is 5.97 Å². The van der Waals surface area contributed by atoms with Gasteiger partial charge in [0.1, 0.15) is 5.75 Å². The van der Waals surface area contributed by atoms with E-state index in [9.17, 15) is 14.9 Å². The van der Waals surface area contributed by atoms with E-state index in [1.807, 2.05) is 14.1 Å². The number of ether oxygens (including phenoxy) is 1. The van der Waals surface area contributed by atoms with Crippen LogP contribution in [-0.4, -0.2) is 36.2 Å². The average molecular weight is 313 g/mol. The monoisotopic (exact) mass is 313 g/mol. The Bertz CT molecular complexity index is 739. The van der Waals surface area contributed by atoms with E-state index < -0.39 is 10.9 Å². The number of carbonyl (C=O) groups is 1. The maximum absolute atomic E-state index is 12.0. The molecule has 0 aromatic heterocycles. The summed E-state index contributed by atoms with van der Waals surface area (Å²) in [4.78, 5) is 22.2. The minimum absolute atomic E-state index is 0.123. The quantitative estimate of drug-likeness (QED) is 0.278. The molecule has 0 saturated heterocycles. The SMILES string of the molecule is CN(C)N=Cc1ccc(OC(=O)c2cccc([N+](=O)[O-])c2)cc1. The van der Waals surface area contributed by atoms with Gasteiger partial charge in [0.25, 0.3) is 5.69 Å². The van der Waals surface area contributed by atoms with E-state index in [1.165, 1.54) is 24.3 Å². The fourth-order valence-corrected chi connectivity index (χ4v) is 1.72. The number of nitro groups is 1. The molecule has 2 aromatic rings. The zero-order chi connectivity index (χ0) is 16.8. The lowest BCUT2D eigenvalue weighted by Crippen LogP contribution is -2.08. The van der Waals surface area contributed by atoms with E-state index >= 15 is 0 Å². The maximum Gasteiger partial charge on any atom is 0.343 e. The molecule has 23 heavy (non-hydrogen) atoms. The van der Waals surface area contributed by atoms with Crippen molar-refractivity contribution in [1.82, 2.24) is 5.01 Å². The number of hydrogen-bond acceptors (Lipinski definition) is 6. The fraction of sp³-hybridized carbons (Fsp3) is 0.125. The lowest BCUT2D eigenvalue weighted by molar-refractivity contribution is -0.384. The van der Waals surface area contributed by atoms with Crippen molar-refractivity contribution in [2.75, 3.05) is 14.1 Å². The zero-order valence-electron chi connectivity index (χ0n) is 12.7. The molecule has 0 spiro atoms. The average Bonchev–Trinajstić information content (AvgIpc) is 2.54. The maximum atomic E-state index is 12.0. The molecule has 0 saturated carbocycles. The van der Waals surface area contributed by atoms with Crippen LogP contribution < -0.4 is 4.74 Å². The van der Waals surface area contributed by atoms with Gasteiger partial charge in [-0.15, -0.1) is 0 Å². The van der Waals surface area contributed by atoms with Crippen LogP contribution in [0.1, 0.15) is 15.9 Å². The molecular formula is C16H15N3O4. The van der Waals surface area contributed by atoms with E-state index in [0.29, 0.717) is 5.75 Å². The first-order valence-corrected chi connectivity index (χ1v) is 6.74. The number of benzene rings is 2. The second kappa shape index (κ2) is 7.17. The predicted molar refractivity (Wildman–Crippen MR) is 85.8 cm³/mol. The van der Waals surface area contributed by atoms with Gasteiger partial charge in [0.15, 0.2) is 0 Å². The standard InChI is InChI=1S/C16H15N3O4/c1-18(2)17-11-12-6-8-15(9-7-12)23-16(20)13-4-3-5-14(10-13)19(21)22/h3-11H,1-2H3. The fourth-order valence-electron chi connectivity index (χ4n) is 1.72. The van der Waals surface area contributed by atoms with Gasteiger partial charge < -0.3 is 9.75 Å². The first-order valence-electron chi connectivity index (χ1n) is 6.74. The lowest BCUT2D eigenvalue weighted by Gasteiger charge is -2.05. The Morgan fingerprint density at radius 3 is 2.52 bits per heavy atom. The van der Waals surface area contributed by atoms with E-state index in [4.69, 9.17) is 4.74 Å². The molecule has 0 amide bonds. The highest BCUT2D eigenvalue weighted by molar-refractivity contribution is 5.91. The number of esters is 1. The van der Waals surface area contributed by atoms with Crippen LogP contribution in [-0.2, 0) is 0 Å². The summed E-state index contributed by atoms with van der Waals surface area (Å²) in [7, 11) is 3.62. The minimum Gasteiger partial charge on any atom is -0.423 e. The van der Waals surface area contributed by atoms with Crippen molar-refractivity contribution in [3.05, 3.63) is 69.8 Å². The summed E-state index contributed by atoms with van der Waals surface area (Å²) < 4.78 is 5.20. The zero-order valence-corrected chi connectivity index (χ0v) is 12.7. The number of rotatable bonds is 5. The highest BCUT2D eigenvalue weighted by Gasteiger charge is 2.13. The second-order valence-electron chi connectivity index (χ2n) is 4.86. The van der Waals surface area contributed by atoms with Gasteiger partial charge in [-0.05, 0) is 35.9 Å². The minimum atomic E-state index is -0.650. The Hall–Kier alpha value is -3.22. The van der Waals surface area contributed by atoms with Crippen LogP contribution in [0.25, 0.3) is 0 Å². The topological polar surface area (TPSA) is 85.0 Å². The van der Waals surface area contributed by atoms with Crippen LogP contribution in [0.2, 0.25) is 0 Å². The molecule has 118 valence electrons. The number of nitro benzene ring substituents is 1. The normalized spacial score (nSPS) is 10.5. The summed E-state index contributed by atoms with van der Waals surface area (Å²) >= 11 is 0. The Balaban J connectivity index is 2.08. The van der Waals surface area contributed by atoms with Gasteiger partial charge in [-0.2, -0.15) is 5.10 Å². The van der Waals surface area contributed by atoms with Crippen molar-refractivity contribution < 1.29 is 14.5 Å². The van der Waals surface area contributed by atoms with Gasteiger partial charge in [0.2, 0.25) is 0 Å². The smallest absolute Gasteiger partial charge is 0.343 e. The number of hydrogen-bond donors (Lipinski definition) is 0. The van der Waals surface area contributed by atoms with Crippen LogP contribution in [0.3, 0.4) is 0 Å². The molecule has 0 N–H and O–H groups in total. The van der Waals surface area contributed by atoms with Crippen molar-refractivity contribution in [2.45, 2.75) is 0 Å². The molecule has 7 heteroatoms. The highest BCUT2D eigenvalue weighted by Crippen LogP contribution is 2.17. The van der Waals surface area contributed by atoms with Crippen molar-refractivity contribution in [1.29, 1.82) is 0 Å². The van der Waals surface area contributed by atoms with E-state index in [2.05, 4.69) is 5.10 Å². The molecule has 2 aromatic carbocycles. The van der Waals surface area contributed by atoms with Crippen LogP contribution in [0.4, 0.5) is 5.69 Å². The third-order valence-electron chi connectivity index (χ3n) is 2.82. The summed E-state index contributed by atoms with van der Waals surface area (Å²) in [6, 6.07) is 12.2. The summed E-state index contributed by atoms with van der Waals surface area (Å²) in [6.45, 7) is 0. The Kier molecular flexibility index (Phi) is 5.03. The van der Waals surface area contributed by atoms with Gasteiger partial charge in [-0.3, -0.25) is 10.1 Å². The Morgan fingerprint density at radius 2 is 1.91 bits per heavy atom.